The minimum Gasteiger partial charge on any atom is -0.508 e. The molecule has 0 aliphatic carbocycles. The molecule has 124 valence electrons. The van der Waals surface area contributed by atoms with Gasteiger partial charge >= 0.3 is 5.97 Å². The molecule has 0 bridgehead atoms. The van der Waals surface area contributed by atoms with E-state index in [4.69, 9.17) is 4.74 Å². The molecule has 0 spiro atoms. The molecule has 1 aromatic rings. The summed E-state index contributed by atoms with van der Waals surface area (Å²) in [5.41, 5.74) is 1.16. The molecule has 0 amide bonds. The first kappa shape index (κ1) is 18.5. The minimum absolute atomic E-state index is 0.101. The van der Waals surface area contributed by atoms with Crippen LogP contribution in [-0.4, -0.2) is 22.8 Å². The number of benzene rings is 1. The molecule has 22 heavy (non-hydrogen) atoms. The summed E-state index contributed by atoms with van der Waals surface area (Å²) in [6.07, 6.45) is -0.537. The molecule has 2 N–H and O–H groups in total. The highest BCUT2D eigenvalue weighted by Gasteiger charge is 2.29. The van der Waals surface area contributed by atoms with Gasteiger partial charge in [0, 0.05) is 5.56 Å². The zero-order valence-corrected chi connectivity index (χ0v) is 14.4. The molecule has 1 rings (SSSR count). The van der Waals surface area contributed by atoms with Crippen molar-refractivity contribution in [1.29, 1.82) is 0 Å². The van der Waals surface area contributed by atoms with Gasteiger partial charge in [0.2, 0.25) is 0 Å². The summed E-state index contributed by atoms with van der Waals surface area (Å²) in [6, 6.07) is 5.06. The summed E-state index contributed by atoms with van der Waals surface area (Å²) >= 11 is 0. The third-order valence-electron chi connectivity index (χ3n) is 3.59. The lowest BCUT2D eigenvalue weighted by atomic mass is 9.72. The second kappa shape index (κ2) is 6.69. The van der Waals surface area contributed by atoms with Gasteiger partial charge in [-0.3, -0.25) is 0 Å². The standard InChI is InChI=1S/C18H28O4/c1-7-22-16(21)15(20)13-10-12(8-9-14(13)19)18(5,6)11-17(2,3)4/h8-10,15,19-20H,7,11H2,1-6H3. The molecule has 1 aromatic carbocycles. The summed E-state index contributed by atoms with van der Waals surface area (Å²) in [7, 11) is 0. The van der Waals surface area contributed by atoms with Crippen LogP contribution in [0, 0.1) is 5.41 Å². The molecule has 0 aromatic heterocycles. The van der Waals surface area contributed by atoms with E-state index in [0.29, 0.717) is 0 Å². The first-order valence-electron chi connectivity index (χ1n) is 7.66. The van der Waals surface area contributed by atoms with Crippen molar-refractivity contribution in [3.8, 4) is 5.75 Å². The van der Waals surface area contributed by atoms with Gasteiger partial charge < -0.3 is 14.9 Å². The van der Waals surface area contributed by atoms with Crippen LogP contribution in [0.25, 0.3) is 0 Å². The molecule has 1 atom stereocenters. The number of phenolic OH excluding ortho intramolecular Hbond substituents is 1. The predicted octanol–water partition coefficient (Wildman–Crippen LogP) is 3.70. The molecule has 4 heteroatoms. The highest BCUT2D eigenvalue weighted by atomic mass is 16.5. The Hall–Kier alpha value is -1.55. The van der Waals surface area contributed by atoms with Crippen LogP contribution in [0.15, 0.2) is 18.2 Å². The highest BCUT2D eigenvalue weighted by Crippen LogP contribution is 2.38. The number of rotatable bonds is 5. The smallest absolute Gasteiger partial charge is 0.339 e. The Kier molecular flexibility index (Phi) is 5.63. The van der Waals surface area contributed by atoms with Crippen molar-refractivity contribution >= 4 is 5.97 Å². The molecular weight excluding hydrogens is 280 g/mol. The Morgan fingerprint density at radius 2 is 1.82 bits per heavy atom. The number of hydrogen-bond donors (Lipinski definition) is 2. The molecule has 1 unspecified atom stereocenters. The molecule has 0 radical (unpaired) electrons. The Morgan fingerprint density at radius 3 is 2.32 bits per heavy atom. The number of phenols is 1. The Labute approximate surface area is 133 Å². The monoisotopic (exact) mass is 308 g/mol. The van der Waals surface area contributed by atoms with Crippen LogP contribution in [0.1, 0.15) is 65.2 Å². The molecule has 0 aliphatic heterocycles. The van der Waals surface area contributed by atoms with Crippen LogP contribution in [0.5, 0.6) is 5.75 Å². The van der Waals surface area contributed by atoms with E-state index in [1.807, 2.05) is 6.07 Å². The van der Waals surface area contributed by atoms with Gasteiger partial charge in [-0.15, -0.1) is 0 Å². The third-order valence-corrected chi connectivity index (χ3v) is 3.59. The summed E-state index contributed by atoms with van der Waals surface area (Å²) < 4.78 is 4.82. The molecule has 0 saturated heterocycles. The van der Waals surface area contributed by atoms with E-state index in [1.54, 1.807) is 13.0 Å². The van der Waals surface area contributed by atoms with Crippen LogP contribution in [0.3, 0.4) is 0 Å². The molecule has 0 fully saturated rings. The number of aromatic hydroxyl groups is 1. The van der Waals surface area contributed by atoms with Crippen molar-refractivity contribution in [2.24, 2.45) is 5.41 Å². The summed E-state index contributed by atoms with van der Waals surface area (Å²) in [6.45, 7) is 12.6. The van der Waals surface area contributed by atoms with E-state index in [0.717, 1.165) is 12.0 Å². The van der Waals surface area contributed by atoms with E-state index in [2.05, 4.69) is 34.6 Å². The quantitative estimate of drug-likeness (QED) is 0.814. The highest BCUT2D eigenvalue weighted by molar-refractivity contribution is 5.77. The Morgan fingerprint density at radius 1 is 1.23 bits per heavy atom. The van der Waals surface area contributed by atoms with Crippen molar-refractivity contribution < 1.29 is 19.7 Å². The van der Waals surface area contributed by atoms with E-state index < -0.39 is 12.1 Å². The number of ether oxygens (including phenoxy) is 1. The maximum absolute atomic E-state index is 11.7. The van der Waals surface area contributed by atoms with Crippen molar-refractivity contribution in [2.45, 2.75) is 59.5 Å². The number of aliphatic hydroxyl groups is 1. The van der Waals surface area contributed by atoms with Gasteiger partial charge in [-0.2, -0.15) is 0 Å². The fourth-order valence-corrected chi connectivity index (χ4v) is 2.97. The summed E-state index contributed by atoms with van der Waals surface area (Å²) in [4.78, 5) is 11.7. The molecule has 4 nitrogen and oxygen atoms in total. The Bertz CT molecular complexity index is 526. The van der Waals surface area contributed by atoms with Crippen LogP contribution in [0.2, 0.25) is 0 Å². The Balaban J connectivity index is 3.16. The van der Waals surface area contributed by atoms with Crippen molar-refractivity contribution in [2.75, 3.05) is 6.61 Å². The van der Waals surface area contributed by atoms with Crippen LogP contribution >= 0.6 is 0 Å². The average Bonchev–Trinajstić information content (AvgIpc) is 2.35. The second-order valence-corrected chi connectivity index (χ2v) is 7.55. The van der Waals surface area contributed by atoms with Gasteiger partial charge in [0.1, 0.15) is 5.75 Å². The molecule has 0 aliphatic rings. The summed E-state index contributed by atoms with van der Waals surface area (Å²) in [5, 5.41) is 20.0. The number of carbonyl (C=O) groups excluding carboxylic acids is 1. The predicted molar refractivity (Wildman–Crippen MR) is 86.8 cm³/mol. The van der Waals surface area contributed by atoms with Gasteiger partial charge in [-0.05, 0) is 41.9 Å². The third kappa shape index (κ3) is 4.73. The maximum Gasteiger partial charge on any atom is 0.339 e. The minimum atomic E-state index is -1.47. The lowest BCUT2D eigenvalue weighted by molar-refractivity contribution is -0.153. The normalized spacial score (nSPS) is 13.8. The van der Waals surface area contributed by atoms with Gasteiger partial charge in [0.25, 0.3) is 0 Å². The average molecular weight is 308 g/mol. The van der Waals surface area contributed by atoms with E-state index in [-0.39, 0.29) is 28.7 Å². The van der Waals surface area contributed by atoms with Crippen molar-refractivity contribution in [3.63, 3.8) is 0 Å². The fraction of sp³-hybridized carbons (Fsp3) is 0.611. The number of aliphatic hydroxyl groups excluding tert-OH is 1. The SMILES string of the molecule is CCOC(=O)C(O)c1cc(C(C)(C)CC(C)(C)C)ccc1O. The van der Waals surface area contributed by atoms with Crippen LogP contribution < -0.4 is 0 Å². The fourth-order valence-electron chi connectivity index (χ4n) is 2.97. The number of carbonyl (C=O) groups is 1. The molecular formula is C18H28O4. The maximum atomic E-state index is 11.7. The van der Waals surface area contributed by atoms with Gasteiger partial charge in [-0.25, -0.2) is 4.79 Å². The largest absolute Gasteiger partial charge is 0.508 e. The second-order valence-electron chi connectivity index (χ2n) is 7.55. The van der Waals surface area contributed by atoms with Gasteiger partial charge in [0.05, 0.1) is 6.61 Å². The van der Waals surface area contributed by atoms with Gasteiger partial charge in [0.15, 0.2) is 6.10 Å². The number of esters is 1. The number of hydrogen-bond acceptors (Lipinski definition) is 4. The first-order valence-corrected chi connectivity index (χ1v) is 7.66. The molecule has 0 saturated carbocycles. The van der Waals surface area contributed by atoms with E-state index >= 15 is 0 Å². The lowest BCUT2D eigenvalue weighted by Crippen LogP contribution is -2.25. The van der Waals surface area contributed by atoms with Crippen LogP contribution in [-0.2, 0) is 14.9 Å². The van der Waals surface area contributed by atoms with Crippen molar-refractivity contribution in [1.82, 2.24) is 0 Å². The van der Waals surface area contributed by atoms with E-state index in [9.17, 15) is 15.0 Å². The topological polar surface area (TPSA) is 66.8 Å². The van der Waals surface area contributed by atoms with Crippen LogP contribution in [0.4, 0.5) is 0 Å². The summed E-state index contributed by atoms with van der Waals surface area (Å²) in [5.74, 6) is -0.848. The van der Waals surface area contributed by atoms with Gasteiger partial charge in [-0.1, -0.05) is 40.7 Å². The lowest BCUT2D eigenvalue weighted by Gasteiger charge is -2.33. The zero-order chi connectivity index (χ0) is 17.1. The van der Waals surface area contributed by atoms with Crippen molar-refractivity contribution in [3.05, 3.63) is 29.3 Å². The van der Waals surface area contributed by atoms with E-state index in [1.165, 1.54) is 6.07 Å². The first-order chi connectivity index (χ1) is 9.98. The zero-order valence-electron chi connectivity index (χ0n) is 14.4. The molecule has 0 heterocycles.